The van der Waals surface area contributed by atoms with Gasteiger partial charge in [0.15, 0.2) is 11.6 Å². The Morgan fingerprint density at radius 2 is 1.49 bits per heavy atom. The number of aromatic nitrogens is 4. The number of imidazole rings is 2. The molecule has 1 aliphatic heterocycles. The lowest BCUT2D eigenvalue weighted by atomic mass is 9.99. The molecule has 212 valence electrons. The van der Waals surface area contributed by atoms with E-state index in [1.54, 1.807) is 6.07 Å². The van der Waals surface area contributed by atoms with Crippen LogP contribution >= 0.6 is 23.2 Å². The van der Waals surface area contributed by atoms with Gasteiger partial charge < -0.3 is 19.4 Å². The lowest BCUT2D eigenvalue weighted by Crippen LogP contribution is -2.27. The Labute approximate surface area is 249 Å². The summed E-state index contributed by atoms with van der Waals surface area (Å²) in [5.74, 6) is 0.425. The number of fused-ring (bicyclic) bond motifs is 2. The number of nitrogens with zero attached hydrogens (tertiary/aromatic N) is 5. The van der Waals surface area contributed by atoms with Gasteiger partial charge in [0, 0.05) is 62.5 Å². The minimum atomic E-state index is -0.310. The van der Waals surface area contributed by atoms with Crippen molar-refractivity contribution in [3.63, 3.8) is 0 Å². The van der Waals surface area contributed by atoms with Crippen LogP contribution in [0.3, 0.4) is 0 Å². The second-order valence-electron chi connectivity index (χ2n) is 11.0. The largest absolute Gasteiger partial charge is 0.328 e. The highest BCUT2D eigenvalue weighted by atomic mass is 35.5. The molecule has 4 aromatic rings. The summed E-state index contributed by atoms with van der Waals surface area (Å²) in [5.41, 5.74) is 6.71. The zero-order chi connectivity index (χ0) is 28.8. The van der Waals surface area contributed by atoms with Gasteiger partial charge in [-0.1, -0.05) is 53.5 Å². The maximum absolute atomic E-state index is 13.4. The van der Waals surface area contributed by atoms with Crippen LogP contribution in [0.15, 0.2) is 36.4 Å². The van der Waals surface area contributed by atoms with E-state index in [1.807, 2.05) is 53.6 Å². The van der Waals surface area contributed by atoms with Crippen LogP contribution in [0.2, 0.25) is 10.0 Å². The van der Waals surface area contributed by atoms with Gasteiger partial charge in [-0.05, 0) is 44.4 Å². The molecule has 2 aromatic heterocycles. The van der Waals surface area contributed by atoms with Crippen LogP contribution in [0.5, 0.6) is 0 Å². The summed E-state index contributed by atoms with van der Waals surface area (Å²) in [7, 11) is 5.85. The predicted molar refractivity (Wildman–Crippen MR) is 161 cm³/mol. The zero-order valence-electron chi connectivity index (χ0n) is 23.4. The summed E-state index contributed by atoms with van der Waals surface area (Å²) in [5, 5.41) is 3.75. The van der Waals surface area contributed by atoms with Gasteiger partial charge in [0.1, 0.15) is 0 Å². The standard InChI is InChI=1S/C31H32Cl2N6O2/c1-37-15-14-25-23(17-37)35-29(38(25)2)26(40)16-18-8-6-9-19(27(18)32)20-10-7-12-22(28(20)33)36-31(41)30-34-21-11-4-5-13-24(21)39(30)3/h6-10,12H,4-5,11,13-17H2,1-3H3,(H,36,41). The summed E-state index contributed by atoms with van der Waals surface area (Å²) in [6.07, 6.45) is 5.00. The second-order valence-corrected chi connectivity index (χ2v) is 11.7. The number of ketones is 1. The number of hydrogen-bond acceptors (Lipinski definition) is 5. The van der Waals surface area contributed by atoms with Crippen molar-refractivity contribution in [1.29, 1.82) is 0 Å². The Morgan fingerprint density at radius 1 is 0.829 bits per heavy atom. The number of hydrogen-bond donors (Lipinski definition) is 1. The number of nitrogens with one attached hydrogen (secondary N) is 1. The van der Waals surface area contributed by atoms with Gasteiger partial charge in [0.2, 0.25) is 5.78 Å². The van der Waals surface area contributed by atoms with E-state index in [-0.39, 0.29) is 18.1 Å². The van der Waals surface area contributed by atoms with E-state index < -0.39 is 0 Å². The first-order chi connectivity index (χ1) is 19.7. The van der Waals surface area contributed by atoms with Gasteiger partial charge in [0.25, 0.3) is 5.91 Å². The van der Waals surface area contributed by atoms with E-state index in [2.05, 4.69) is 27.2 Å². The minimum Gasteiger partial charge on any atom is -0.328 e. The highest BCUT2D eigenvalue weighted by Gasteiger charge is 2.26. The molecule has 1 N–H and O–H groups in total. The van der Waals surface area contributed by atoms with Gasteiger partial charge in [-0.15, -0.1) is 0 Å². The Hall–Kier alpha value is -3.46. The summed E-state index contributed by atoms with van der Waals surface area (Å²) in [6.45, 7) is 1.68. The third-order valence-electron chi connectivity index (χ3n) is 8.24. The highest BCUT2D eigenvalue weighted by Crippen LogP contribution is 2.39. The second kappa shape index (κ2) is 11.1. The van der Waals surface area contributed by atoms with Crippen molar-refractivity contribution >= 4 is 40.6 Å². The zero-order valence-corrected chi connectivity index (χ0v) is 24.9. The van der Waals surface area contributed by atoms with E-state index in [9.17, 15) is 9.59 Å². The van der Waals surface area contributed by atoms with E-state index in [1.165, 1.54) is 0 Å². The van der Waals surface area contributed by atoms with Crippen LogP contribution in [0.4, 0.5) is 5.69 Å². The molecular weight excluding hydrogens is 559 g/mol. The molecule has 3 heterocycles. The summed E-state index contributed by atoms with van der Waals surface area (Å²) in [4.78, 5) is 38.1. The fourth-order valence-electron chi connectivity index (χ4n) is 5.99. The monoisotopic (exact) mass is 590 g/mol. The Balaban J connectivity index is 1.25. The van der Waals surface area contributed by atoms with Crippen LogP contribution < -0.4 is 5.32 Å². The summed E-state index contributed by atoms with van der Waals surface area (Å²) in [6, 6.07) is 11.0. The maximum Gasteiger partial charge on any atom is 0.291 e. The molecule has 6 rings (SSSR count). The van der Waals surface area contributed by atoms with Gasteiger partial charge >= 0.3 is 0 Å². The number of Topliss-reactive ketones (excluding diaryl/α,β-unsaturated/α-hetero) is 1. The van der Waals surface area contributed by atoms with Gasteiger partial charge in [-0.3, -0.25) is 9.59 Å². The molecular formula is C31H32Cl2N6O2. The maximum atomic E-state index is 13.4. The number of benzene rings is 2. The number of rotatable bonds is 6. The first kappa shape index (κ1) is 27.7. The molecule has 1 aliphatic carbocycles. The molecule has 0 saturated carbocycles. The van der Waals surface area contributed by atoms with Crippen molar-refractivity contribution < 1.29 is 9.59 Å². The lowest BCUT2D eigenvalue weighted by Gasteiger charge is -2.21. The van der Waals surface area contributed by atoms with E-state index in [4.69, 9.17) is 23.2 Å². The molecule has 0 saturated heterocycles. The summed E-state index contributed by atoms with van der Waals surface area (Å²) >= 11 is 13.7. The molecule has 0 spiro atoms. The Bertz CT molecular complexity index is 1690. The molecule has 0 bridgehead atoms. The molecule has 41 heavy (non-hydrogen) atoms. The van der Waals surface area contributed by atoms with Crippen molar-refractivity contribution in [1.82, 2.24) is 24.0 Å². The van der Waals surface area contributed by atoms with Crippen LogP contribution in [0.25, 0.3) is 11.1 Å². The number of carbonyl (C=O) groups excluding carboxylic acids is 2. The van der Waals surface area contributed by atoms with Crippen LogP contribution in [0, 0.1) is 0 Å². The number of anilines is 1. The number of halogens is 2. The van der Waals surface area contributed by atoms with E-state index in [0.29, 0.717) is 44.1 Å². The van der Waals surface area contributed by atoms with Crippen LogP contribution in [-0.4, -0.2) is 49.3 Å². The van der Waals surface area contributed by atoms with E-state index >= 15 is 0 Å². The van der Waals surface area contributed by atoms with Crippen molar-refractivity contribution in [2.75, 3.05) is 18.9 Å². The first-order valence-corrected chi connectivity index (χ1v) is 14.7. The smallest absolute Gasteiger partial charge is 0.291 e. The number of amides is 1. The van der Waals surface area contributed by atoms with Gasteiger partial charge in [-0.2, -0.15) is 0 Å². The molecule has 10 heteroatoms. The average molecular weight is 592 g/mol. The average Bonchev–Trinajstić information content (AvgIpc) is 3.47. The summed E-state index contributed by atoms with van der Waals surface area (Å²) < 4.78 is 3.80. The van der Waals surface area contributed by atoms with E-state index in [0.717, 1.165) is 68.0 Å². The van der Waals surface area contributed by atoms with Crippen LogP contribution in [0.1, 0.15) is 62.4 Å². The number of carbonyl (C=O) groups is 2. The quantitative estimate of drug-likeness (QED) is 0.292. The Morgan fingerprint density at radius 3 is 2.27 bits per heavy atom. The van der Waals surface area contributed by atoms with Crippen molar-refractivity contribution in [2.45, 2.75) is 45.1 Å². The third kappa shape index (κ3) is 5.09. The molecule has 2 aromatic carbocycles. The predicted octanol–water partition coefficient (Wildman–Crippen LogP) is 5.67. The topological polar surface area (TPSA) is 85.1 Å². The molecule has 2 aliphatic rings. The molecule has 8 nitrogen and oxygen atoms in total. The lowest BCUT2D eigenvalue weighted by molar-refractivity contribution is 0.0978. The molecule has 0 fully saturated rings. The molecule has 0 radical (unpaired) electrons. The van der Waals surface area contributed by atoms with Crippen LogP contribution in [-0.2, 0) is 46.3 Å². The fourth-order valence-corrected chi connectivity index (χ4v) is 6.56. The fraction of sp³-hybridized carbons (Fsp3) is 0.355. The minimum absolute atomic E-state index is 0.0894. The molecule has 1 amide bonds. The third-order valence-corrected chi connectivity index (χ3v) is 9.09. The first-order valence-electron chi connectivity index (χ1n) is 13.9. The van der Waals surface area contributed by atoms with Gasteiger partial charge in [0.05, 0.1) is 27.1 Å². The number of likely N-dealkylation sites (N-methyl/N-ethyl adjacent to an activating group) is 1. The highest BCUT2D eigenvalue weighted by molar-refractivity contribution is 6.39. The van der Waals surface area contributed by atoms with Gasteiger partial charge in [-0.25, -0.2) is 9.97 Å². The van der Waals surface area contributed by atoms with Crippen molar-refractivity contribution in [2.24, 2.45) is 14.1 Å². The normalized spacial score (nSPS) is 15.0. The molecule has 0 unspecified atom stereocenters. The SMILES string of the molecule is CN1CCc2c(nc(C(=O)Cc3cccc(-c4cccc(NC(=O)c5nc6c(n5C)CCCC6)c4Cl)c3Cl)n2C)C1. The van der Waals surface area contributed by atoms with Crippen molar-refractivity contribution in [3.05, 3.63) is 86.4 Å². The Kier molecular flexibility index (Phi) is 7.49. The molecule has 0 atom stereocenters. The number of aryl methyl sites for hydroxylation is 1. The van der Waals surface area contributed by atoms with Crippen molar-refractivity contribution in [3.8, 4) is 11.1 Å².